The van der Waals surface area contributed by atoms with Crippen molar-refractivity contribution in [2.45, 2.75) is 72.8 Å². The topological polar surface area (TPSA) is 112 Å². The van der Waals surface area contributed by atoms with Crippen LogP contribution < -0.4 is 15.4 Å². The number of anilines is 2. The van der Waals surface area contributed by atoms with E-state index in [-0.39, 0.29) is 6.10 Å². The Morgan fingerprint density at radius 3 is 1.68 bits per heavy atom. The molecule has 0 amide bonds. The van der Waals surface area contributed by atoms with Crippen LogP contribution >= 0.6 is 0 Å². The number of benzene rings is 1. The third-order valence-electron chi connectivity index (χ3n) is 5.29. The van der Waals surface area contributed by atoms with Crippen molar-refractivity contribution >= 4 is 11.4 Å². The van der Waals surface area contributed by atoms with Crippen LogP contribution in [0.2, 0.25) is 0 Å². The highest BCUT2D eigenvalue weighted by atomic mass is 16.8. The molecule has 0 heterocycles. The molecule has 0 aliphatic carbocycles. The standard InChI is InChI=1S/C27H50N2O9/c1-9-32-13-15-34-26(37-21(5)30-7)18-29(23-11-12-24(28)25(17-23)36-20(3)4)19-27(38-22(6)31-8)35-16-14-33-10-2/h11-12,17,20-22,26-27H,9-10,13-16,18-19,28H2,1-8H3. The predicted octanol–water partition coefficient (Wildman–Crippen LogP) is 3.64. The first-order valence-corrected chi connectivity index (χ1v) is 13.3. The summed E-state index contributed by atoms with van der Waals surface area (Å²) in [7, 11) is 3.16. The maximum absolute atomic E-state index is 6.19. The smallest absolute Gasteiger partial charge is 0.178 e. The molecule has 1 aromatic rings. The van der Waals surface area contributed by atoms with Gasteiger partial charge in [0.2, 0.25) is 0 Å². The highest BCUT2D eigenvalue weighted by Crippen LogP contribution is 2.29. The summed E-state index contributed by atoms with van der Waals surface area (Å²) in [5.74, 6) is 0.586. The van der Waals surface area contributed by atoms with Gasteiger partial charge in [-0.25, -0.2) is 0 Å². The van der Waals surface area contributed by atoms with Crippen molar-refractivity contribution < 1.29 is 42.6 Å². The molecule has 0 spiro atoms. The summed E-state index contributed by atoms with van der Waals surface area (Å²) in [6.45, 7) is 14.9. The van der Waals surface area contributed by atoms with Gasteiger partial charge in [-0.1, -0.05) is 0 Å². The minimum atomic E-state index is -0.638. The van der Waals surface area contributed by atoms with Crippen LogP contribution in [0.3, 0.4) is 0 Å². The molecule has 38 heavy (non-hydrogen) atoms. The first kappa shape index (κ1) is 34.3. The Kier molecular flexibility index (Phi) is 18.3. The van der Waals surface area contributed by atoms with Crippen molar-refractivity contribution in [3.05, 3.63) is 18.2 Å². The van der Waals surface area contributed by atoms with Gasteiger partial charge >= 0.3 is 0 Å². The molecule has 0 bridgehead atoms. The van der Waals surface area contributed by atoms with Crippen LogP contribution in [0.15, 0.2) is 18.2 Å². The van der Waals surface area contributed by atoms with Gasteiger partial charge in [0.1, 0.15) is 5.75 Å². The highest BCUT2D eigenvalue weighted by Gasteiger charge is 2.24. The van der Waals surface area contributed by atoms with E-state index >= 15 is 0 Å². The maximum Gasteiger partial charge on any atom is 0.178 e. The first-order chi connectivity index (χ1) is 18.2. The van der Waals surface area contributed by atoms with Crippen LogP contribution in [0.1, 0.15) is 41.5 Å². The summed E-state index contributed by atoms with van der Waals surface area (Å²) in [4.78, 5) is 2.04. The van der Waals surface area contributed by atoms with Gasteiger partial charge in [-0.2, -0.15) is 0 Å². The molecule has 0 aromatic heterocycles. The van der Waals surface area contributed by atoms with Crippen molar-refractivity contribution in [1.29, 1.82) is 0 Å². The molecular weight excluding hydrogens is 496 g/mol. The lowest BCUT2D eigenvalue weighted by molar-refractivity contribution is -0.236. The number of nitrogens with zero attached hydrogens (tertiary/aromatic N) is 1. The van der Waals surface area contributed by atoms with Crippen molar-refractivity contribution in [2.24, 2.45) is 0 Å². The molecule has 222 valence electrons. The monoisotopic (exact) mass is 546 g/mol. The molecule has 11 nitrogen and oxygen atoms in total. The molecule has 0 fully saturated rings. The van der Waals surface area contributed by atoms with Crippen LogP contribution in [0.25, 0.3) is 0 Å². The zero-order valence-electron chi connectivity index (χ0n) is 24.5. The third kappa shape index (κ3) is 14.5. The molecule has 0 aliphatic heterocycles. The van der Waals surface area contributed by atoms with Gasteiger partial charge in [-0.3, -0.25) is 0 Å². The Morgan fingerprint density at radius 2 is 1.26 bits per heavy atom. The minimum absolute atomic E-state index is 0.0398. The lowest BCUT2D eigenvalue weighted by Crippen LogP contribution is -2.44. The quantitative estimate of drug-likeness (QED) is 0.123. The first-order valence-electron chi connectivity index (χ1n) is 13.3. The van der Waals surface area contributed by atoms with Crippen LogP contribution in [0.5, 0.6) is 5.75 Å². The molecule has 4 unspecified atom stereocenters. The highest BCUT2D eigenvalue weighted by molar-refractivity contribution is 5.62. The second-order valence-electron chi connectivity index (χ2n) is 8.67. The normalized spacial score (nSPS) is 14.9. The van der Waals surface area contributed by atoms with Gasteiger partial charge in [0, 0.05) is 39.2 Å². The Labute approximate surface area is 228 Å². The van der Waals surface area contributed by atoms with Gasteiger partial charge in [-0.15, -0.1) is 0 Å². The van der Waals surface area contributed by atoms with E-state index in [9.17, 15) is 0 Å². The molecule has 1 rings (SSSR count). The number of nitrogens with two attached hydrogens (primary N) is 1. The number of nitrogen functional groups attached to an aromatic ring is 1. The number of hydrogen-bond acceptors (Lipinski definition) is 11. The Hall–Kier alpha value is -1.70. The summed E-state index contributed by atoms with van der Waals surface area (Å²) >= 11 is 0. The molecule has 4 atom stereocenters. The number of rotatable bonds is 23. The van der Waals surface area contributed by atoms with E-state index in [1.165, 1.54) is 0 Å². The van der Waals surface area contributed by atoms with Crippen molar-refractivity contribution in [2.75, 3.05) is 77.6 Å². The minimum Gasteiger partial charge on any atom is -0.489 e. The second-order valence-corrected chi connectivity index (χ2v) is 8.67. The number of hydrogen-bond donors (Lipinski definition) is 1. The molecule has 11 heteroatoms. The van der Waals surface area contributed by atoms with E-state index in [0.717, 1.165) is 5.69 Å². The lowest BCUT2D eigenvalue weighted by atomic mass is 10.2. The van der Waals surface area contributed by atoms with Crippen molar-refractivity contribution in [1.82, 2.24) is 0 Å². The Bertz CT molecular complexity index is 696. The molecule has 0 aliphatic rings. The van der Waals surface area contributed by atoms with Crippen LogP contribution in [0, 0.1) is 0 Å². The fraction of sp³-hybridized carbons (Fsp3) is 0.778. The molecule has 1 aromatic carbocycles. The van der Waals surface area contributed by atoms with Crippen LogP contribution in [0.4, 0.5) is 11.4 Å². The molecular formula is C27H50N2O9. The summed E-state index contributed by atoms with van der Waals surface area (Å²) < 4.78 is 51.6. The number of methoxy groups -OCH3 is 2. The van der Waals surface area contributed by atoms with Gasteiger partial charge in [0.25, 0.3) is 0 Å². The van der Waals surface area contributed by atoms with Gasteiger partial charge < -0.3 is 53.3 Å². The number of ether oxygens (including phenoxy) is 9. The Morgan fingerprint density at radius 1 is 0.763 bits per heavy atom. The fourth-order valence-corrected chi connectivity index (χ4v) is 3.30. The van der Waals surface area contributed by atoms with E-state index in [4.69, 9.17) is 48.4 Å². The van der Waals surface area contributed by atoms with Crippen molar-refractivity contribution in [3.8, 4) is 5.75 Å². The van der Waals surface area contributed by atoms with E-state index in [2.05, 4.69) is 0 Å². The maximum atomic E-state index is 6.19. The zero-order chi connectivity index (χ0) is 28.3. The largest absolute Gasteiger partial charge is 0.489 e. The third-order valence-corrected chi connectivity index (χ3v) is 5.29. The predicted molar refractivity (Wildman–Crippen MR) is 146 cm³/mol. The summed E-state index contributed by atoms with van der Waals surface area (Å²) in [6.07, 6.45) is -2.28. The van der Waals surface area contributed by atoms with Gasteiger partial charge in [-0.05, 0) is 53.7 Å². The van der Waals surface area contributed by atoms with Crippen molar-refractivity contribution in [3.63, 3.8) is 0 Å². The lowest BCUT2D eigenvalue weighted by Gasteiger charge is -2.34. The molecule has 0 radical (unpaired) electrons. The summed E-state index contributed by atoms with van der Waals surface area (Å²) in [5.41, 5.74) is 7.57. The summed E-state index contributed by atoms with van der Waals surface area (Å²) in [6, 6.07) is 5.62. The average molecular weight is 547 g/mol. The second kappa shape index (κ2) is 20.2. The van der Waals surface area contributed by atoms with Crippen LogP contribution in [-0.4, -0.2) is 98.2 Å². The molecule has 0 saturated heterocycles. The molecule has 2 N–H and O–H groups in total. The zero-order valence-corrected chi connectivity index (χ0v) is 24.5. The van der Waals surface area contributed by atoms with E-state index in [1.807, 2.05) is 64.6 Å². The molecule has 0 saturated carbocycles. The van der Waals surface area contributed by atoms with Gasteiger partial charge in [0.05, 0.1) is 51.3 Å². The van der Waals surface area contributed by atoms with Gasteiger partial charge in [0.15, 0.2) is 25.2 Å². The fourth-order valence-electron chi connectivity index (χ4n) is 3.30. The summed E-state index contributed by atoms with van der Waals surface area (Å²) in [5, 5.41) is 0. The van der Waals surface area contributed by atoms with Crippen LogP contribution in [-0.2, 0) is 37.9 Å². The van der Waals surface area contributed by atoms with E-state index in [0.29, 0.717) is 64.2 Å². The Balaban J connectivity index is 3.26. The van der Waals surface area contributed by atoms with E-state index in [1.54, 1.807) is 14.2 Å². The average Bonchev–Trinajstić information content (AvgIpc) is 2.89. The van der Waals surface area contributed by atoms with E-state index < -0.39 is 25.2 Å². The SMILES string of the molecule is CCOCCOC(CN(CC(OCCOCC)OC(C)OC)c1ccc(N)c(OC(C)C)c1)OC(C)OC.